The number of nitrogens with zero attached hydrogens (tertiary/aromatic N) is 2. The van der Waals surface area contributed by atoms with Crippen LogP contribution in [0.5, 0.6) is 0 Å². The summed E-state index contributed by atoms with van der Waals surface area (Å²) < 4.78 is 2.43. The fourth-order valence-corrected chi connectivity index (χ4v) is 9.31. The minimum atomic E-state index is -0.239. The Bertz CT molecular complexity index is 2950. The molecule has 0 fully saturated rings. The van der Waals surface area contributed by atoms with Gasteiger partial charge in [0, 0.05) is 27.6 Å². The number of fused-ring (bicyclic) bond motifs is 5. The van der Waals surface area contributed by atoms with E-state index in [1.54, 1.807) is 0 Å². The molecule has 0 radical (unpaired) electrons. The molecule has 0 atom stereocenters. The van der Waals surface area contributed by atoms with Gasteiger partial charge in [0.15, 0.2) is 0 Å². The molecule has 11 rings (SSSR count). The van der Waals surface area contributed by atoms with Gasteiger partial charge in [-0.05, 0) is 128 Å². The molecule has 1 aliphatic rings. The van der Waals surface area contributed by atoms with Crippen LogP contribution in [-0.2, 0) is 5.41 Å². The van der Waals surface area contributed by atoms with Crippen molar-refractivity contribution in [2.24, 2.45) is 0 Å². The summed E-state index contributed by atoms with van der Waals surface area (Å²) in [6.07, 6.45) is 0. The van der Waals surface area contributed by atoms with E-state index in [0.717, 1.165) is 11.4 Å². The van der Waals surface area contributed by atoms with Crippen LogP contribution in [0.1, 0.15) is 25.0 Å². The highest BCUT2D eigenvalue weighted by Crippen LogP contribution is 2.53. The molecule has 0 saturated carbocycles. The fourth-order valence-electron chi connectivity index (χ4n) is 9.31. The highest BCUT2D eigenvalue weighted by molar-refractivity contribution is 6.11. The summed E-state index contributed by atoms with van der Waals surface area (Å²) in [6.45, 7) is 4.76. The summed E-state index contributed by atoms with van der Waals surface area (Å²) in [5.74, 6) is 0. The zero-order valence-corrected chi connectivity index (χ0v) is 33.2. The number of rotatable bonds is 6. The Kier molecular flexibility index (Phi) is 8.20. The molecule has 280 valence electrons. The molecule has 0 amide bonds. The molecule has 2 nitrogen and oxygen atoms in total. The van der Waals surface area contributed by atoms with Crippen molar-refractivity contribution in [1.82, 2.24) is 4.57 Å². The summed E-state index contributed by atoms with van der Waals surface area (Å²) in [6, 6.07) is 79.9. The van der Waals surface area contributed by atoms with E-state index in [0.29, 0.717) is 0 Å². The van der Waals surface area contributed by atoms with E-state index >= 15 is 0 Å². The highest BCUT2D eigenvalue weighted by Gasteiger charge is 2.37. The third-order valence-electron chi connectivity index (χ3n) is 12.4. The average molecular weight is 755 g/mol. The van der Waals surface area contributed by atoms with Gasteiger partial charge in [-0.2, -0.15) is 0 Å². The lowest BCUT2D eigenvalue weighted by molar-refractivity contribution is 0.632. The monoisotopic (exact) mass is 754 g/mol. The second kappa shape index (κ2) is 13.9. The van der Waals surface area contributed by atoms with Crippen molar-refractivity contribution < 1.29 is 0 Å². The van der Waals surface area contributed by atoms with Crippen LogP contribution in [-0.4, -0.2) is 4.57 Å². The number of hydrogen-bond donors (Lipinski definition) is 0. The van der Waals surface area contributed by atoms with Gasteiger partial charge in [-0.25, -0.2) is 0 Å². The third kappa shape index (κ3) is 5.87. The van der Waals surface area contributed by atoms with Crippen LogP contribution in [0.25, 0.3) is 72.0 Å². The molecule has 2 heterocycles. The zero-order valence-electron chi connectivity index (χ0n) is 33.2. The van der Waals surface area contributed by atoms with Gasteiger partial charge in [0.05, 0.1) is 22.4 Å². The molecule has 0 N–H and O–H groups in total. The molecular weight excluding hydrogens is 713 g/mol. The van der Waals surface area contributed by atoms with Gasteiger partial charge in [0.25, 0.3) is 0 Å². The molecule has 9 aromatic carbocycles. The van der Waals surface area contributed by atoms with Crippen LogP contribution < -0.4 is 4.90 Å². The van der Waals surface area contributed by atoms with E-state index in [9.17, 15) is 0 Å². The maximum atomic E-state index is 2.47. The first kappa shape index (κ1) is 34.8. The molecule has 0 aliphatic carbocycles. The molecular formula is C57H42N2. The Morgan fingerprint density at radius 2 is 0.644 bits per heavy atom. The van der Waals surface area contributed by atoms with Crippen molar-refractivity contribution in [1.29, 1.82) is 0 Å². The predicted molar refractivity (Wildman–Crippen MR) is 249 cm³/mol. The Balaban J connectivity index is 1.07. The van der Waals surface area contributed by atoms with Crippen molar-refractivity contribution in [3.05, 3.63) is 230 Å². The van der Waals surface area contributed by atoms with Gasteiger partial charge >= 0.3 is 0 Å². The number of aromatic nitrogens is 1. The SMILES string of the molecule is CC1(C)c2cc(-c3ccccc3)ccc2N(c2ccc(-n3c4ccc(-c5ccccc5)cc4c4cc(-c5ccccc5)ccc43)cc2)c2ccc(-c3ccccc3)cc21. The summed E-state index contributed by atoms with van der Waals surface area (Å²) in [5, 5.41) is 2.49. The van der Waals surface area contributed by atoms with E-state index in [2.05, 4.69) is 242 Å². The van der Waals surface area contributed by atoms with E-state index in [-0.39, 0.29) is 5.41 Å². The van der Waals surface area contributed by atoms with Crippen molar-refractivity contribution in [3.8, 4) is 50.2 Å². The second-order valence-electron chi connectivity index (χ2n) is 16.2. The first-order chi connectivity index (χ1) is 29.0. The number of anilines is 3. The van der Waals surface area contributed by atoms with Crippen LogP contribution in [0.3, 0.4) is 0 Å². The highest BCUT2D eigenvalue weighted by atomic mass is 15.2. The van der Waals surface area contributed by atoms with Gasteiger partial charge in [0.1, 0.15) is 0 Å². The number of hydrogen-bond acceptors (Lipinski definition) is 1. The minimum Gasteiger partial charge on any atom is -0.310 e. The zero-order chi connectivity index (χ0) is 39.5. The van der Waals surface area contributed by atoms with Gasteiger partial charge in [-0.3, -0.25) is 0 Å². The van der Waals surface area contributed by atoms with Crippen molar-refractivity contribution in [3.63, 3.8) is 0 Å². The van der Waals surface area contributed by atoms with E-state index in [1.807, 2.05) is 0 Å². The van der Waals surface area contributed by atoms with Gasteiger partial charge in [-0.15, -0.1) is 0 Å². The lowest BCUT2D eigenvalue weighted by atomic mass is 9.72. The summed E-state index contributed by atoms with van der Waals surface area (Å²) in [7, 11) is 0. The standard InChI is InChI=1S/C57H42N2/c1-57(2)51-37-45(41-19-11-5-12-20-41)25-33-55(51)59(56-34-26-46(38-52(56)57)42-21-13-6-14-22-42)48-29-27-47(28-30-48)58-53-31-23-43(39-15-7-3-8-16-39)35-49(53)50-36-44(24-32-54(50)58)40-17-9-4-10-18-40/h3-38H,1-2H3. The Morgan fingerprint density at radius 1 is 0.305 bits per heavy atom. The first-order valence-corrected chi connectivity index (χ1v) is 20.5. The smallest absolute Gasteiger partial charge is 0.0541 e. The maximum absolute atomic E-state index is 2.47. The molecule has 0 unspecified atom stereocenters. The van der Waals surface area contributed by atoms with Crippen LogP contribution in [0, 0.1) is 0 Å². The van der Waals surface area contributed by atoms with Gasteiger partial charge < -0.3 is 9.47 Å². The maximum Gasteiger partial charge on any atom is 0.0541 e. The summed E-state index contributed by atoms with van der Waals surface area (Å²) >= 11 is 0. The van der Waals surface area contributed by atoms with Crippen molar-refractivity contribution in [2.45, 2.75) is 19.3 Å². The molecule has 0 bridgehead atoms. The van der Waals surface area contributed by atoms with Crippen molar-refractivity contribution >= 4 is 38.9 Å². The molecule has 10 aromatic rings. The largest absolute Gasteiger partial charge is 0.310 e. The molecule has 2 heteroatoms. The van der Waals surface area contributed by atoms with E-state index in [4.69, 9.17) is 0 Å². The fraction of sp³-hybridized carbons (Fsp3) is 0.0526. The Morgan fingerprint density at radius 3 is 1.03 bits per heavy atom. The summed E-state index contributed by atoms with van der Waals surface area (Å²) in [5.41, 5.74) is 19.2. The first-order valence-electron chi connectivity index (χ1n) is 20.5. The molecule has 1 aromatic heterocycles. The van der Waals surface area contributed by atoms with Crippen LogP contribution >= 0.6 is 0 Å². The lowest BCUT2D eigenvalue weighted by Gasteiger charge is -2.42. The molecule has 0 saturated heterocycles. The average Bonchev–Trinajstić information content (AvgIpc) is 3.63. The third-order valence-corrected chi connectivity index (χ3v) is 12.4. The quantitative estimate of drug-likeness (QED) is 0.164. The Hall–Kier alpha value is -7.42. The van der Waals surface area contributed by atoms with Gasteiger partial charge in [0.2, 0.25) is 0 Å². The number of benzene rings is 9. The molecule has 0 spiro atoms. The van der Waals surface area contributed by atoms with Gasteiger partial charge in [-0.1, -0.05) is 159 Å². The topological polar surface area (TPSA) is 8.17 Å². The molecule has 59 heavy (non-hydrogen) atoms. The van der Waals surface area contributed by atoms with E-state index in [1.165, 1.54) is 88.8 Å². The predicted octanol–water partition coefficient (Wildman–Crippen LogP) is 15.6. The van der Waals surface area contributed by atoms with E-state index < -0.39 is 0 Å². The normalized spacial score (nSPS) is 13.0. The van der Waals surface area contributed by atoms with Crippen LogP contribution in [0.2, 0.25) is 0 Å². The van der Waals surface area contributed by atoms with Crippen LogP contribution in [0.15, 0.2) is 218 Å². The molecule has 1 aliphatic heterocycles. The lowest BCUT2D eigenvalue weighted by Crippen LogP contribution is -2.30. The van der Waals surface area contributed by atoms with Crippen LogP contribution in [0.4, 0.5) is 17.1 Å². The second-order valence-corrected chi connectivity index (χ2v) is 16.2. The van der Waals surface area contributed by atoms with Crippen molar-refractivity contribution in [2.75, 3.05) is 4.90 Å². The minimum absolute atomic E-state index is 0.239. The Labute approximate surface area is 345 Å². The summed E-state index contributed by atoms with van der Waals surface area (Å²) in [4.78, 5) is 2.47.